The average molecular weight is 276 g/mol. The van der Waals surface area contributed by atoms with Crippen molar-refractivity contribution in [3.8, 4) is 0 Å². The predicted octanol–water partition coefficient (Wildman–Crippen LogP) is 0.880. The molecule has 0 spiro atoms. The van der Waals surface area contributed by atoms with Gasteiger partial charge in [0.2, 0.25) is 5.91 Å². The third-order valence-corrected chi connectivity index (χ3v) is 3.68. The number of amides is 1. The number of nitrogens with two attached hydrogens (primary N) is 1. The number of carboxylic acids is 1. The normalized spacial score (nSPS) is 19.9. The highest BCUT2D eigenvalue weighted by molar-refractivity contribution is 5.82. The minimum Gasteiger partial charge on any atom is -0.481 e. The number of carboxylic acid groups (broad SMARTS) is 1. The van der Waals surface area contributed by atoms with Gasteiger partial charge in [-0.3, -0.25) is 9.59 Å². The third kappa shape index (κ3) is 3.81. The summed E-state index contributed by atoms with van der Waals surface area (Å²) in [7, 11) is 0. The Labute approximate surface area is 118 Å². The molecule has 108 valence electrons. The van der Waals surface area contributed by atoms with Crippen LogP contribution in [0.25, 0.3) is 0 Å². The molecule has 0 aliphatic carbocycles. The van der Waals surface area contributed by atoms with Crippen LogP contribution in [0.3, 0.4) is 0 Å². The second kappa shape index (κ2) is 6.52. The smallest absolute Gasteiger partial charge is 0.303 e. The molecule has 3 N–H and O–H groups in total. The van der Waals surface area contributed by atoms with Crippen LogP contribution in [0.5, 0.6) is 0 Å². The Morgan fingerprint density at radius 1 is 1.35 bits per heavy atom. The van der Waals surface area contributed by atoms with Crippen molar-refractivity contribution in [3.63, 3.8) is 0 Å². The first-order chi connectivity index (χ1) is 9.56. The first-order valence-corrected chi connectivity index (χ1v) is 6.86. The number of hydrogen-bond acceptors (Lipinski definition) is 3. The molecule has 5 heteroatoms. The van der Waals surface area contributed by atoms with Crippen LogP contribution in [0.2, 0.25) is 0 Å². The van der Waals surface area contributed by atoms with E-state index < -0.39 is 12.0 Å². The Balaban J connectivity index is 1.87. The lowest BCUT2D eigenvalue weighted by Crippen LogP contribution is -2.44. The van der Waals surface area contributed by atoms with Gasteiger partial charge in [0.05, 0.1) is 6.04 Å². The van der Waals surface area contributed by atoms with Crippen molar-refractivity contribution in [2.45, 2.75) is 25.3 Å². The second-order valence-corrected chi connectivity index (χ2v) is 5.33. The third-order valence-electron chi connectivity index (χ3n) is 3.68. The fraction of sp³-hybridized carbons (Fsp3) is 0.467. The maximum Gasteiger partial charge on any atom is 0.303 e. The van der Waals surface area contributed by atoms with Gasteiger partial charge in [0.1, 0.15) is 0 Å². The highest BCUT2D eigenvalue weighted by Gasteiger charge is 2.30. The van der Waals surface area contributed by atoms with E-state index in [1.54, 1.807) is 4.90 Å². The molecule has 1 aromatic rings. The van der Waals surface area contributed by atoms with Gasteiger partial charge in [0.25, 0.3) is 0 Å². The number of carbonyl (C=O) groups excluding carboxylic acids is 1. The minimum atomic E-state index is -0.808. The van der Waals surface area contributed by atoms with Gasteiger partial charge in [-0.25, -0.2) is 0 Å². The minimum absolute atomic E-state index is 0.0559. The van der Waals surface area contributed by atoms with Gasteiger partial charge >= 0.3 is 5.97 Å². The number of benzene rings is 1. The molecule has 0 radical (unpaired) electrons. The standard InChI is InChI=1S/C15H20N2O3/c16-13(8-11-4-2-1-3-5-11)15(20)17-7-6-12(10-17)9-14(18)19/h1-5,12-13H,6-10,16H2,(H,18,19). The summed E-state index contributed by atoms with van der Waals surface area (Å²) in [6.07, 6.45) is 1.38. The lowest BCUT2D eigenvalue weighted by atomic mass is 10.0. The molecular weight excluding hydrogens is 256 g/mol. The molecule has 20 heavy (non-hydrogen) atoms. The van der Waals surface area contributed by atoms with Gasteiger partial charge in [-0.15, -0.1) is 0 Å². The Bertz CT molecular complexity index is 475. The molecule has 5 nitrogen and oxygen atoms in total. The summed E-state index contributed by atoms with van der Waals surface area (Å²) in [6.45, 7) is 1.12. The average Bonchev–Trinajstić information content (AvgIpc) is 2.86. The number of hydrogen-bond donors (Lipinski definition) is 2. The highest BCUT2D eigenvalue weighted by Crippen LogP contribution is 2.20. The number of rotatable bonds is 5. The van der Waals surface area contributed by atoms with Gasteiger partial charge in [0, 0.05) is 19.5 Å². The maximum atomic E-state index is 12.2. The zero-order valence-corrected chi connectivity index (χ0v) is 11.4. The highest BCUT2D eigenvalue weighted by atomic mass is 16.4. The van der Waals surface area contributed by atoms with E-state index in [1.807, 2.05) is 30.3 Å². The zero-order valence-electron chi connectivity index (χ0n) is 11.4. The first-order valence-electron chi connectivity index (χ1n) is 6.86. The molecule has 0 saturated carbocycles. The van der Waals surface area contributed by atoms with Crippen LogP contribution >= 0.6 is 0 Å². The molecule has 1 saturated heterocycles. The van der Waals surface area contributed by atoms with E-state index in [0.29, 0.717) is 19.5 Å². The first kappa shape index (κ1) is 14.5. The van der Waals surface area contributed by atoms with Crippen LogP contribution in [0.1, 0.15) is 18.4 Å². The molecule has 1 aliphatic rings. The van der Waals surface area contributed by atoms with E-state index in [1.165, 1.54) is 0 Å². The molecule has 1 aromatic carbocycles. The molecule has 1 heterocycles. The van der Waals surface area contributed by atoms with Crippen molar-refractivity contribution in [3.05, 3.63) is 35.9 Å². The van der Waals surface area contributed by atoms with Crippen LogP contribution in [0, 0.1) is 5.92 Å². The van der Waals surface area contributed by atoms with E-state index in [9.17, 15) is 9.59 Å². The molecule has 1 aliphatic heterocycles. The molecular formula is C15H20N2O3. The SMILES string of the molecule is NC(Cc1ccccc1)C(=O)N1CCC(CC(=O)O)C1. The van der Waals surface area contributed by atoms with E-state index >= 15 is 0 Å². The van der Waals surface area contributed by atoms with Crippen molar-refractivity contribution in [2.75, 3.05) is 13.1 Å². The summed E-state index contributed by atoms with van der Waals surface area (Å²) < 4.78 is 0. The Morgan fingerprint density at radius 2 is 2.05 bits per heavy atom. The van der Waals surface area contributed by atoms with Crippen molar-refractivity contribution < 1.29 is 14.7 Å². The van der Waals surface area contributed by atoms with E-state index in [4.69, 9.17) is 10.8 Å². The summed E-state index contributed by atoms with van der Waals surface area (Å²) >= 11 is 0. The lowest BCUT2D eigenvalue weighted by molar-refractivity contribution is -0.138. The Kier molecular flexibility index (Phi) is 4.74. The predicted molar refractivity (Wildman–Crippen MR) is 75.1 cm³/mol. The van der Waals surface area contributed by atoms with Gasteiger partial charge in [-0.05, 0) is 24.3 Å². The Hall–Kier alpha value is -1.88. The summed E-state index contributed by atoms with van der Waals surface area (Å²) in [5.74, 6) is -0.833. The van der Waals surface area contributed by atoms with Crippen LogP contribution in [0.15, 0.2) is 30.3 Å². The van der Waals surface area contributed by atoms with Gasteiger partial charge in [-0.1, -0.05) is 30.3 Å². The summed E-state index contributed by atoms with van der Waals surface area (Å²) in [4.78, 5) is 24.6. The monoisotopic (exact) mass is 276 g/mol. The fourth-order valence-electron chi connectivity index (χ4n) is 2.64. The van der Waals surface area contributed by atoms with Gasteiger partial charge in [0.15, 0.2) is 0 Å². The molecule has 1 amide bonds. The number of nitrogens with zero attached hydrogens (tertiary/aromatic N) is 1. The molecule has 0 aromatic heterocycles. The zero-order chi connectivity index (χ0) is 14.5. The second-order valence-electron chi connectivity index (χ2n) is 5.33. The van der Waals surface area contributed by atoms with E-state index in [-0.39, 0.29) is 18.2 Å². The van der Waals surface area contributed by atoms with Crippen LogP contribution in [0.4, 0.5) is 0 Å². The Morgan fingerprint density at radius 3 is 2.70 bits per heavy atom. The van der Waals surface area contributed by atoms with Crippen molar-refractivity contribution in [1.82, 2.24) is 4.90 Å². The number of carbonyl (C=O) groups is 2. The lowest BCUT2D eigenvalue weighted by Gasteiger charge is -2.21. The molecule has 1 fully saturated rings. The van der Waals surface area contributed by atoms with E-state index in [0.717, 1.165) is 12.0 Å². The molecule has 2 rings (SSSR count). The molecule has 2 unspecified atom stereocenters. The van der Waals surface area contributed by atoms with Crippen molar-refractivity contribution in [1.29, 1.82) is 0 Å². The fourth-order valence-corrected chi connectivity index (χ4v) is 2.64. The number of likely N-dealkylation sites (tertiary alicyclic amines) is 1. The van der Waals surface area contributed by atoms with Gasteiger partial charge in [-0.2, -0.15) is 0 Å². The largest absolute Gasteiger partial charge is 0.481 e. The molecule has 0 bridgehead atoms. The maximum absolute atomic E-state index is 12.2. The van der Waals surface area contributed by atoms with Crippen molar-refractivity contribution in [2.24, 2.45) is 11.7 Å². The van der Waals surface area contributed by atoms with Crippen LogP contribution < -0.4 is 5.73 Å². The summed E-state index contributed by atoms with van der Waals surface area (Å²) in [6, 6.07) is 9.11. The number of aliphatic carboxylic acids is 1. The molecule has 2 atom stereocenters. The van der Waals surface area contributed by atoms with Crippen LogP contribution in [-0.4, -0.2) is 41.0 Å². The van der Waals surface area contributed by atoms with Crippen LogP contribution in [-0.2, 0) is 16.0 Å². The van der Waals surface area contributed by atoms with E-state index in [2.05, 4.69) is 0 Å². The quantitative estimate of drug-likeness (QED) is 0.836. The summed E-state index contributed by atoms with van der Waals surface area (Å²) in [5.41, 5.74) is 7.00. The summed E-state index contributed by atoms with van der Waals surface area (Å²) in [5, 5.41) is 8.77. The van der Waals surface area contributed by atoms with Gasteiger partial charge < -0.3 is 15.7 Å². The van der Waals surface area contributed by atoms with Crippen molar-refractivity contribution >= 4 is 11.9 Å². The topological polar surface area (TPSA) is 83.6 Å².